The van der Waals surface area contributed by atoms with Gasteiger partial charge in [0, 0.05) is 12.1 Å². The van der Waals surface area contributed by atoms with Crippen molar-refractivity contribution >= 4 is 17.4 Å². The number of hydrogen-bond donors (Lipinski definition) is 1. The van der Waals surface area contributed by atoms with Crippen LogP contribution in [-0.4, -0.2) is 27.3 Å². The number of halogens is 2. The second-order valence-electron chi connectivity index (χ2n) is 3.61. The molecule has 0 atom stereocenters. The van der Waals surface area contributed by atoms with E-state index in [0.717, 1.165) is 6.07 Å². The Morgan fingerprint density at radius 2 is 2.28 bits per heavy atom. The summed E-state index contributed by atoms with van der Waals surface area (Å²) in [6.45, 7) is 0.842. The van der Waals surface area contributed by atoms with E-state index in [0.29, 0.717) is 13.1 Å². The average molecular weight is 269 g/mol. The molecule has 0 amide bonds. The Morgan fingerprint density at radius 1 is 1.50 bits per heavy atom. The fourth-order valence-electron chi connectivity index (χ4n) is 1.45. The van der Waals surface area contributed by atoms with Crippen molar-refractivity contribution in [3.05, 3.63) is 46.5 Å². The lowest BCUT2D eigenvalue weighted by Gasteiger charge is -2.00. The lowest BCUT2D eigenvalue weighted by molar-refractivity contribution is 0.103. The van der Waals surface area contributed by atoms with Crippen molar-refractivity contribution in [2.24, 2.45) is 5.73 Å². The minimum Gasteiger partial charge on any atom is -0.329 e. The first kappa shape index (κ1) is 12.7. The number of carbonyl (C=O) groups is 1. The number of nitrogens with zero attached hydrogens (tertiary/aromatic N) is 3. The molecule has 0 saturated carbocycles. The Labute approximate surface area is 107 Å². The molecule has 0 spiro atoms. The summed E-state index contributed by atoms with van der Waals surface area (Å²) in [7, 11) is 0. The molecule has 0 bridgehead atoms. The molecule has 1 heterocycles. The maximum absolute atomic E-state index is 13.1. The van der Waals surface area contributed by atoms with Gasteiger partial charge in [0.15, 0.2) is 5.69 Å². The van der Waals surface area contributed by atoms with Crippen molar-refractivity contribution in [1.82, 2.24) is 15.0 Å². The van der Waals surface area contributed by atoms with Crippen molar-refractivity contribution in [2.45, 2.75) is 6.54 Å². The van der Waals surface area contributed by atoms with Crippen LogP contribution < -0.4 is 5.73 Å². The van der Waals surface area contributed by atoms with Gasteiger partial charge in [-0.25, -0.2) is 4.39 Å². The lowest BCUT2D eigenvalue weighted by atomic mass is 10.1. The second-order valence-corrected chi connectivity index (χ2v) is 4.02. The van der Waals surface area contributed by atoms with E-state index >= 15 is 0 Å². The third-order valence-electron chi connectivity index (χ3n) is 2.30. The molecule has 0 fully saturated rings. The van der Waals surface area contributed by atoms with Gasteiger partial charge in [-0.1, -0.05) is 16.8 Å². The smallest absolute Gasteiger partial charge is 0.216 e. The number of carbonyl (C=O) groups excluding carboxylic acids is 1. The largest absolute Gasteiger partial charge is 0.329 e. The van der Waals surface area contributed by atoms with Crippen LogP contribution >= 0.6 is 11.6 Å². The van der Waals surface area contributed by atoms with E-state index in [2.05, 4.69) is 10.3 Å². The summed E-state index contributed by atoms with van der Waals surface area (Å²) in [6.07, 6.45) is 1.45. The highest BCUT2D eigenvalue weighted by Gasteiger charge is 2.17. The first-order valence-corrected chi connectivity index (χ1v) is 5.59. The van der Waals surface area contributed by atoms with Gasteiger partial charge in [-0.05, 0) is 18.2 Å². The predicted octanol–water partition coefficient (Wildman–Crippen LogP) is 1.26. The van der Waals surface area contributed by atoms with Gasteiger partial charge in [0.2, 0.25) is 5.78 Å². The molecule has 0 aliphatic rings. The number of nitrogens with two attached hydrogens (primary N) is 1. The SMILES string of the molecule is NCCn1cc(C(=O)c2cc(F)ccc2Cl)nn1. The molecule has 18 heavy (non-hydrogen) atoms. The predicted molar refractivity (Wildman–Crippen MR) is 63.9 cm³/mol. The third-order valence-corrected chi connectivity index (χ3v) is 2.63. The number of benzene rings is 1. The second kappa shape index (κ2) is 5.24. The molecule has 0 saturated heterocycles. The Morgan fingerprint density at radius 3 is 3.00 bits per heavy atom. The summed E-state index contributed by atoms with van der Waals surface area (Å²) in [5.41, 5.74) is 5.53. The van der Waals surface area contributed by atoms with E-state index in [1.54, 1.807) is 0 Å². The van der Waals surface area contributed by atoms with Crippen LogP contribution in [-0.2, 0) is 6.54 Å². The Kier molecular flexibility index (Phi) is 3.69. The van der Waals surface area contributed by atoms with Crippen LogP contribution in [0.1, 0.15) is 16.1 Å². The summed E-state index contributed by atoms with van der Waals surface area (Å²) in [6, 6.07) is 3.59. The Bertz CT molecular complexity index is 584. The Hall–Kier alpha value is -1.79. The quantitative estimate of drug-likeness (QED) is 0.847. The number of rotatable bonds is 4. The van der Waals surface area contributed by atoms with Crippen molar-refractivity contribution in [2.75, 3.05) is 6.54 Å². The molecule has 94 valence electrons. The number of hydrogen-bond acceptors (Lipinski definition) is 4. The molecule has 1 aromatic heterocycles. The molecule has 0 radical (unpaired) electrons. The molecule has 7 heteroatoms. The monoisotopic (exact) mass is 268 g/mol. The zero-order valence-corrected chi connectivity index (χ0v) is 10.1. The van der Waals surface area contributed by atoms with Crippen LogP contribution in [0.15, 0.2) is 24.4 Å². The van der Waals surface area contributed by atoms with Gasteiger partial charge in [-0.3, -0.25) is 9.48 Å². The summed E-state index contributed by atoms with van der Waals surface area (Å²) >= 11 is 5.85. The summed E-state index contributed by atoms with van der Waals surface area (Å²) in [4.78, 5) is 12.0. The van der Waals surface area contributed by atoms with Crippen molar-refractivity contribution in [3.8, 4) is 0 Å². The fraction of sp³-hybridized carbons (Fsp3) is 0.182. The maximum Gasteiger partial charge on any atom is 0.216 e. The number of ketones is 1. The number of aromatic nitrogens is 3. The zero-order valence-electron chi connectivity index (χ0n) is 9.31. The molecule has 2 rings (SSSR count). The van der Waals surface area contributed by atoms with Gasteiger partial charge in [-0.15, -0.1) is 5.10 Å². The molecule has 2 N–H and O–H groups in total. The third kappa shape index (κ3) is 2.55. The molecule has 1 aromatic carbocycles. The highest BCUT2D eigenvalue weighted by atomic mass is 35.5. The molecular weight excluding hydrogens is 259 g/mol. The van der Waals surface area contributed by atoms with Gasteiger partial charge >= 0.3 is 0 Å². The van der Waals surface area contributed by atoms with E-state index < -0.39 is 11.6 Å². The highest BCUT2D eigenvalue weighted by molar-refractivity contribution is 6.34. The minimum atomic E-state index is -0.530. The van der Waals surface area contributed by atoms with E-state index in [1.807, 2.05) is 0 Å². The van der Waals surface area contributed by atoms with Crippen molar-refractivity contribution in [3.63, 3.8) is 0 Å². The summed E-state index contributed by atoms with van der Waals surface area (Å²) in [5, 5.41) is 7.62. The summed E-state index contributed by atoms with van der Waals surface area (Å²) < 4.78 is 14.5. The molecule has 0 aliphatic carbocycles. The molecule has 2 aromatic rings. The minimum absolute atomic E-state index is 0.0662. The molecule has 0 aliphatic heterocycles. The normalized spacial score (nSPS) is 10.6. The van der Waals surface area contributed by atoms with Gasteiger partial charge in [0.1, 0.15) is 5.82 Å². The molecule has 0 unspecified atom stereocenters. The van der Waals surface area contributed by atoms with E-state index in [4.69, 9.17) is 17.3 Å². The van der Waals surface area contributed by atoms with Crippen LogP contribution in [0.3, 0.4) is 0 Å². The van der Waals surface area contributed by atoms with Gasteiger partial charge in [-0.2, -0.15) is 0 Å². The van der Waals surface area contributed by atoms with Crippen LogP contribution in [0.4, 0.5) is 4.39 Å². The topological polar surface area (TPSA) is 73.8 Å². The highest BCUT2D eigenvalue weighted by Crippen LogP contribution is 2.19. The standard InChI is InChI=1S/C11H10ClFN4O/c12-9-2-1-7(13)5-8(9)11(18)10-6-17(4-3-14)16-15-10/h1-2,5-6H,3-4,14H2. The summed E-state index contributed by atoms with van der Waals surface area (Å²) in [5.74, 6) is -1.00. The van der Waals surface area contributed by atoms with Crippen molar-refractivity contribution < 1.29 is 9.18 Å². The van der Waals surface area contributed by atoms with Crippen LogP contribution in [0, 0.1) is 5.82 Å². The van der Waals surface area contributed by atoms with Crippen LogP contribution in [0.25, 0.3) is 0 Å². The maximum atomic E-state index is 13.1. The van der Waals surface area contributed by atoms with Gasteiger partial charge in [0.25, 0.3) is 0 Å². The van der Waals surface area contributed by atoms with E-state index in [9.17, 15) is 9.18 Å². The first-order valence-electron chi connectivity index (χ1n) is 5.22. The van der Waals surface area contributed by atoms with Gasteiger partial charge in [0.05, 0.1) is 17.8 Å². The lowest BCUT2D eigenvalue weighted by Crippen LogP contribution is -2.10. The molecule has 5 nitrogen and oxygen atoms in total. The van der Waals surface area contributed by atoms with Gasteiger partial charge < -0.3 is 5.73 Å². The van der Waals surface area contributed by atoms with Crippen LogP contribution in [0.2, 0.25) is 5.02 Å². The molecular formula is C11H10ClFN4O. The first-order chi connectivity index (χ1) is 8.61. The van der Waals surface area contributed by atoms with E-state index in [1.165, 1.54) is 23.0 Å². The average Bonchev–Trinajstić information content (AvgIpc) is 2.80. The van der Waals surface area contributed by atoms with E-state index in [-0.39, 0.29) is 16.3 Å². The van der Waals surface area contributed by atoms with Crippen molar-refractivity contribution in [1.29, 1.82) is 0 Å². The fourth-order valence-corrected chi connectivity index (χ4v) is 1.66. The Balaban J connectivity index is 2.32. The van der Waals surface area contributed by atoms with Crippen LogP contribution in [0.5, 0.6) is 0 Å². The zero-order chi connectivity index (χ0) is 13.1.